The molecule has 5 aliphatic rings. The summed E-state index contributed by atoms with van der Waals surface area (Å²) >= 11 is 0. The van der Waals surface area contributed by atoms with Crippen molar-refractivity contribution in [3.8, 4) is 0 Å². The average Bonchev–Trinajstić information content (AvgIpc) is 2.96. The Balaban J connectivity index is 1.68. The molecule has 9 atom stereocenters. The highest BCUT2D eigenvalue weighted by Crippen LogP contribution is 2.76. The lowest BCUT2D eigenvalue weighted by molar-refractivity contribution is -0.197. The maximum Gasteiger partial charge on any atom is 0.310 e. The van der Waals surface area contributed by atoms with Crippen LogP contribution in [0.15, 0.2) is 23.3 Å². The van der Waals surface area contributed by atoms with Gasteiger partial charge in [0, 0.05) is 5.92 Å². The number of aliphatic hydroxyl groups excluding tert-OH is 1. The van der Waals surface area contributed by atoms with Crippen LogP contribution in [0.1, 0.15) is 93.4 Å². The van der Waals surface area contributed by atoms with Crippen molar-refractivity contribution >= 4 is 5.97 Å². The highest BCUT2D eigenvalue weighted by molar-refractivity contribution is 5.77. The highest BCUT2D eigenvalue weighted by Gasteiger charge is 2.71. The van der Waals surface area contributed by atoms with Crippen LogP contribution in [0.5, 0.6) is 0 Å². The predicted octanol–water partition coefficient (Wildman–Crippen LogP) is 5.98. The van der Waals surface area contributed by atoms with E-state index in [-0.39, 0.29) is 40.1 Å². The summed E-state index contributed by atoms with van der Waals surface area (Å²) in [6.45, 7) is 16.0. The molecule has 0 bridgehead atoms. The van der Waals surface area contributed by atoms with Crippen molar-refractivity contribution in [2.75, 3.05) is 6.61 Å². The van der Waals surface area contributed by atoms with Gasteiger partial charge >= 0.3 is 5.97 Å². The summed E-state index contributed by atoms with van der Waals surface area (Å²) in [6.07, 6.45) is 10.8. The highest BCUT2D eigenvalue weighted by atomic mass is 16.4. The average molecular weight is 471 g/mol. The monoisotopic (exact) mass is 470 g/mol. The number of rotatable bonds is 2. The topological polar surface area (TPSA) is 77.8 Å². The third-order valence-corrected chi connectivity index (χ3v) is 12.9. The smallest absolute Gasteiger partial charge is 0.310 e. The molecule has 0 amide bonds. The second kappa shape index (κ2) is 7.00. The summed E-state index contributed by atoms with van der Waals surface area (Å²) in [7, 11) is 0. The van der Waals surface area contributed by atoms with Crippen LogP contribution in [0.4, 0.5) is 0 Å². The van der Waals surface area contributed by atoms with E-state index < -0.39 is 17.0 Å². The molecule has 5 rings (SSSR count). The summed E-state index contributed by atoms with van der Waals surface area (Å²) in [5.74, 6) is -0.0735. The van der Waals surface area contributed by atoms with Crippen molar-refractivity contribution in [1.29, 1.82) is 0 Å². The van der Waals surface area contributed by atoms with Gasteiger partial charge in [0.2, 0.25) is 0 Å². The number of carboxylic acids is 1. The Morgan fingerprint density at radius 1 is 1.00 bits per heavy atom. The molecule has 0 unspecified atom stereocenters. The van der Waals surface area contributed by atoms with E-state index >= 15 is 0 Å². The summed E-state index contributed by atoms with van der Waals surface area (Å²) in [6, 6.07) is 0. The molecule has 0 heterocycles. The fraction of sp³-hybridized carbons (Fsp3) is 0.833. The minimum absolute atomic E-state index is 0.00155. The molecular weight excluding hydrogens is 424 g/mol. The zero-order valence-corrected chi connectivity index (χ0v) is 22.4. The summed E-state index contributed by atoms with van der Waals surface area (Å²) in [5.41, 5.74) is 0.405. The summed E-state index contributed by atoms with van der Waals surface area (Å²) in [5, 5.41) is 32.9. The molecule has 0 aromatic carbocycles. The Bertz CT molecular complexity index is 974. The van der Waals surface area contributed by atoms with Crippen LogP contribution in [0, 0.1) is 50.7 Å². The van der Waals surface area contributed by atoms with E-state index in [9.17, 15) is 20.1 Å². The first-order valence-electron chi connectivity index (χ1n) is 13.6. The Hall–Kier alpha value is -1.13. The van der Waals surface area contributed by atoms with Crippen LogP contribution in [-0.4, -0.2) is 33.5 Å². The number of aliphatic carboxylic acids is 1. The summed E-state index contributed by atoms with van der Waals surface area (Å²) in [4.78, 5) is 12.8. The Morgan fingerprint density at radius 2 is 1.68 bits per heavy atom. The number of fused-ring (bicyclic) bond motifs is 7. The molecule has 0 aromatic heterocycles. The molecular formula is C30H46O4. The lowest BCUT2D eigenvalue weighted by Gasteiger charge is -2.69. The predicted molar refractivity (Wildman–Crippen MR) is 134 cm³/mol. The largest absolute Gasteiger partial charge is 0.481 e. The van der Waals surface area contributed by atoms with Gasteiger partial charge in [-0.15, -0.1) is 0 Å². The van der Waals surface area contributed by atoms with Crippen molar-refractivity contribution in [3.05, 3.63) is 23.3 Å². The Morgan fingerprint density at radius 3 is 2.29 bits per heavy atom. The fourth-order valence-electron chi connectivity index (χ4n) is 10.6. The van der Waals surface area contributed by atoms with Crippen molar-refractivity contribution in [3.63, 3.8) is 0 Å². The van der Waals surface area contributed by atoms with E-state index in [1.165, 1.54) is 11.1 Å². The van der Waals surface area contributed by atoms with Crippen molar-refractivity contribution < 1.29 is 20.1 Å². The van der Waals surface area contributed by atoms with Gasteiger partial charge in [0.15, 0.2) is 0 Å². The van der Waals surface area contributed by atoms with Gasteiger partial charge in [0.25, 0.3) is 0 Å². The van der Waals surface area contributed by atoms with Gasteiger partial charge in [-0.1, -0.05) is 59.3 Å². The molecule has 3 saturated carbocycles. The lowest BCUT2D eigenvalue weighted by atomic mass is 9.34. The van der Waals surface area contributed by atoms with E-state index in [1.54, 1.807) is 0 Å². The van der Waals surface area contributed by atoms with E-state index in [0.29, 0.717) is 24.7 Å². The van der Waals surface area contributed by atoms with E-state index in [2.05, 4.69) is 53.7 Å². The number of hydrogen-bond donors (Lipinski definition) is 3. The third kappa shape index (κ3) is 2.60. The molecule has 4 heteroatoms. The molecule has 34 heavy (non-hydrogen) atoms. The number of aliphatic hydroxyl groups is 2. The molecule has 3 N–H and O–H groups in total. The minimum atomic E-state index is -1.03. The molecule has 190 valence electrons. The van der Waals surface area contributed by atoms with Crippen molar-refractivity contribution in [2.24, 2.45) is 50.7 Å². The fourth-order valence-corrected chi connectivity index (χ4v) is 10.6. The Kier molecular flexibility index (Phi) is 5.06. The van der Waals surface area contributed by atoms with Crippen LogP contribution >= 0.6 is 0 Å². The van der Waals surface area contributed by atoms with Crippen LogP contribution in [0.3, 0.4) is 0 Å². The van der Waals surface area contributed by atoms with Gasteiger partial charge in [-0.05, 0) is 96.9 Å². The first-order chi connectivity index (χ1) is 15.6. The maximum atomic E-state index is 12.8. The standard InChI is InChI=1S/C30H46O4/c1-18-10-13-30(24(32)33)15-14-26(4)20(23(30)29(18,7)34)8-9-22-27(26,5)12-11-21-25(2,3)16-19(17-31)28(21,22)6/h8,16,18,21-23,31,34H,9-15,17H2,1-7H3,(H,32,33)/t18-,21+,22+,23-,26-,27-,28+,29-,30+/m1/s1. The number of carbonyl (C=O) groups is 1. The molecule has 0 spiro atoms. The van der Waals surface area contributed by atoms with Gasteiger partial charge in [-0.3, -0.25) is 4.79 Å². The second-order valence-corrected chi connectivity index (χ2v) is 14.3. The van der Waals surface area contributed by atoms with Gasteiger partial charge in [0.1, 0.15) is 0 Å². The van der Waals surface area contributed by atoms with Gasteiger partial charge < -0.3 is 15.3 Å². The van der Waals surface area contributed by atoms with Crippen LogP contribution in [0.2, 0.25) is 0 Å². The minimum Gasteiger partial charge on any atom is -0.481 e. The molecule has 3 fully saturated rings. The molecule has 0 radical (unpaired) electrons. The quantitative estimate of drug-likeness (QED) is 0.434. The van der Waals surface area contributed by atoms with Crippen LogP contribution < -0.4 is 0 Å². The van der Waals surface area contributed by atoms with Gasteiger partial charge in [-0.25, -0.2) is 0 Å². The zero-order chi connectivity index (χ0) is 25.1. The normalized spacial score (nSPS) is 53.6. The van der Waals surface area contributed by atoms with Crippen LogP contribution in [0.25, 0.3) is 0 Å². The first kappa shape index (κ1) is 24.6. The maximum absolute atomic E-state index is 12.8. The second-order valence-electron chi connectivity index (χ2n) is 14.3. The SMILES string of the molecule is C[C@@H]1CC[C@]2(C(=O)O)CC[C@]3(C)C(=CC[C@@H]4[C@@]5(C)C(CO)=CC(C)(C)[C@@H]5CC[C@]43C)[C@@H]2[C@]1(C)O. The van der Waals surface area contributed by atoms with E-state index in [1.807, 2.05) is 6.92 Å². The van der Waals surface area contributed by atoms with Gasteiger partial charge in [0.05, 0.1) is 17.6 Å². The lowest BCUT2D eigenvalue weighted by Crippen LogP contribution is -2.66. The van der Waals surface area contributed by atoms with Crippen LogP contribution in [-0.2, 0) is 4.79 Å². The molecule has 5 aliphatic carbocycles. The summed E-state index contributed by atoms with van der Waals surface area (Å²) < 4.78 is 0. The molecule has 4 nitrogen and oxygen atoms in total. The molecule has 0 aromatic rings. The van der Waals surface area contributed by atoms with Crippen molar-refractivity contribution in [1.82, 2.24) is 0 Å². The van der Waals surface area contributed by atoms with E-state index in [0.717, 1.165) is 32.1 Å². The first-order valence-corrected chi connectivity index (χ1v) is 13.6. The molecule has 0 aliphatic heterocycles. The van der Waals surface area contributed by atoms with Gasteiger partial charge in [-0.2, -0.15) is 0 Å². The number of allylic oxidation sites excluding steroid dienone is 2. The van der Waals surface area contributed by atoms with Crippen molar-refractivity contribution in [2.45, 2.75) is 99.0 Å². The number of carboxylic acid groups (broad SMARTS) is 1. The Labute approximate surface area is 205 Å². The third-order valence-electron chi connectivity index (χ3n) is 12.9. The van der Waals surface area contributed by atoms with E-state index in [4.69, 9.17) is 0 Å². The molecule has 0 saturated heterocycles. The zero-order valence-electron chi connectivity index (χ0n) is 22.4. The number of hydrogen-bond acceptors (Lipinski definition) is 3.